The van der Waals surface area contributed by atoms with Crippen molar-refractivity contribution in [1.82, 2.24) is 10.6 Å². The standard InChI is InChI=1S/C14H19N2O/c17-14(13-4-2-1-3-5-13)16-11-8-12-6-9-15-10-7-12/h1-4,12,15H,6-11H2,(H,16,17). The van der Waals surface area contributed by atoms with Crippen molar-refractivity contribution < 1.29 is 4.79 Å². The van der Waals surface area contributed by atoms with Crippen molar-refractivity contribution in [1.29, 1.82) is 0 Å². The molecule has 0 aliphatic carbocycles. The third kappa shape index (κ3) is 3.86. The number of carbonyl (C=O) groups is 1. The van der Waals surface area contributed by atoms with Crippen LogP contribution in [0.3, 0.4) is 0 Å². The molecule has 1 fully saturated rings. The first-order valence-electron chi connectivity index (χ1n) is 6.32. The fraction of sp³-hybridized carbons (Fsp3) is 0.500. The maximum absolute atomic E-state index is 11.7. The number of amides is 1. The lowest BCUT2D eigenvalue weighted by atomic mass is 9.95. The van der Waals surface area contributed by atoms with Crippen molar-refractivity contribution in [2.75, 3.05) is 19.6 Å². The van der Waals surface area contributed by atoms with Crippen LogP contribution in [0.25, 0.3) is 0 Å². The zero-order chi connectivity index (χ0) is 11.9. The Morgan fingerprint density at radius 2 is 2.24 bits per heavy atom. The van der Waals surface area contributed by atoms with E-state index >= 15 is 0 Å². The SMILES string of the molecule is O=C(NCCC1CCNCC1)c1[c]cccc1. The minimum atomic E-state index is -0.0143. The first kappa shape index (κ1) is 12.1. The monoisotopic (exact) mass is 231 g/mol. The van der Waals surface area contributed by atoms with E-state index in [1.165, 1.54) is 12.8 Å². The number of benzene rings is 1. The van der Waals surface area contributed by atoms with Gasteiger partial charge in [-0.2, -0.15) is 0 Å². The predicted octanol–water partition coefficient (Wildman–Crippen LogP) is 1.61. The highest BCUT2D eigenvalue weighted by Crippen LogP contribution is 2.14. The van der Waals surface area contributed by atoms with Gasteiger partial charge < -0.3 is 10.6 Å². The predicted molar refractivity (Wildman–Crippen MR) is 67.8 cm³/mol. The summed E-state index contributed by atoms with van der Waals surface area (Å²) in [6.07, 6.45) is 3.54. The summed E-state index contributed by atoms with van der Waals surface area (Å²) in [6, 6.07) is 10.2. The summed E-state index contributed by atoms with van der Waals surface area (Å²) in [5.74, 6) is 0.746. The average molecular weight is 231 g/mol. The molecule has 1 radical (unpaired) electrons. The molecule has 3 nitrogen and oxygen atoms in total. The molecule has 2 N–H and O–H groups in total. The topological polar surface area (TPSA) is 41.1 Å². The highest BCUT2D eigenvalue weighted by Gasteiger charge is 2.13. The molecule has 1 aromatic carbocycles. The molecule has 1 aliphatic heterocycles. The van der Waals surface area contributed by atoms with E-state index in [1.54, 1.807) is 12.1 Å². The van der Waals surface area contributed by atoms with Gasteiger partial charge in [0.15, 0.2) is 0 Å². The minimum Gasteiger partial charge on any atom is -0.352 e. The lowest BCUT2D eigenvalue weighted by Gasteiger charge is -2.22. The number of hydrogen-bond donors (Lipinski definition) is 2. The van der Waals surface area contributed by atoms with E-state index < -0.39 is 0 Å². The Hall–Kier alpha value is -1.35. The Morgan fingerprint density at radius 3 is 2.94 bits per heavy atom. The second kappa shape index (κ2) is 6.40. The van der Waals surface area contributed by atoms with Gasteiger partial charge in [0.1, 0.15) is 0 Å². The van der Waals surface area contributed by atoms with Crippen LogP contribution in [0, 0.1) is 12.0 Å². The van der Waals surface area contributed by atoms with Gasteiger partial charge in [-0.3, -0.25) is 4.79 Å². The Bertz CT molecular complexity index is 344. The molecule has 0 atom stereocenters. The van der Waals surface area contributed by atoms with Gasteiger partial charge in [-0.25, -0.2) is 0 Å². The van der Waals surface area contributed by atoms with Crippen LogP contribution in [0.15, 0.2) is 24.3 Å². The number of rotatable bonds is 4. The van der Waals surface area contributed by atoms with E-state index in [4.69, 9.17) is 0 Å². The third-order valence-electron chi connectivity index (χ3n) is 3.25. The van der Waals surface area contributed by atoms with Crippen LogP contribution in [0.1, 0.15) is 29.6 Å². The summed E-state index contributed by atoms with van der Waals surface area (Å²) in [4.78, 5) is 11.7. The largest absolute Gasteiger partial charge is 0.352 e. The molecule has 0 unspecified atom stereocenters. The summed E-state index contributed by atoms with van der Waals surface area (Å²) in [5, 5.41) is 6.30. The van der Waals surface area contributed by atoms with Crippen molar-refractivity contribution in [2.45, 2.75) is 19.3 Å². The summed E-state index contributed by atoms with van der Waals surface area (Å²) < 4.78 is 0. The lowest BCUT2D eigenvalue weighted by Crippen LogP contribution is -2.31. The van der Waals surface area contributed by atoms with Crippen LogP contribution in [-0.4, -0.2) is 25.5 Å². The Labute approximate surface area is 103 Å². The molecule has 1 aliphatic rings. The first-order chi connectivity index (χ1) is 8.36. The number of hydrogen-bond acceptors (Lipinski definition) is 2. The van der Waals surface area contributed by atoms with Crippen molar-refractivity contribution in [3.63, 3.8) is 0 Å². The summed E-state index contributed by atoms with van der Waals surface area (Å²) in [6.45, 7) is 3.00. The molecule has 0 aromatic heterocycles. The Kier molecular flexibility index (Phi) is 4.56. The molecule has 2 rings (SSSR count). The molecule has 3 heteroatoms. The fourth-order valence-corrected chi connectivity index (χ4v) is 2.19. The van der Waals surface area contributed by atoms with Crippen molar-refractivity contribution >= 4 is 5.91 Å². The fourth-order valence-electron chi connectivity index (χ4n) is 2.19. The van der Waals surface area contributed by atoms with Crippen molar-refractivity contribution in [3.8, 4) is 0 Å². The molecular weight excluding hydrogens is 212 g/mol. The average Bonchev–Trinajstić information content (AvgIpc) is 2.41. The van der Waals surface area contributed by atoms with Gasteiger partial charge in [0.25, 0.3) is 5.91 Å². The molecule has 0 saturated carbocycles. The van der Waals surface area contributed by atoms with E-state index in [2.05, 4.69) is 16.7 Å². The number of carbonyl (C=O) groups excluding carboxylic acids is 1. The molecule has 1 amide bonds. The summed E-state index contributed by atoms with van der Waals surface area (Å²) in [7, 11) is 0. The zero-order valence-corrected chi connectivity index (χ0v) is 10.0. The van der Waals surface area contributed by atoms with E-state index in [1.807, 2.05) is 12.1 Å². The maximum Gasteiger partial charge on any atom is 0.251 e. The van der Waals surface area contributed by atoms with Gasteiger partial charge in [0, 0.05) is 12.1 Å². The normalized spacial score (nSPS) is 16.7. The maximum atomic E-state index is 11.7. The molecule has 1 heterocycles. The molecule has 0 bridgehead atoms. The van der Waals surface area contributed by atoms with E-state index in [0.29, 0.717) is 5.56 Å². The summed E-state index contributed by atoms with van der Waals surface area (Å²) >= 11 is 0. The van der Waals surface area contributed by atoms with Gasteiger partial charge >= 0.3 is 0 Å². The first-order valence-corrected chi connectivity index (χ1v) is 6.32. The number of piperidine rings is 1. The van der Waals surface area contributed by atoms with Crippen LogP contribution in [-0.2, 0) is 0 Å². The minimum absolute atomic E-state index is 0.0143. The van der Waals surface area contributed by atoms with Gasteiger partial charge in [-0.05, 0) is 50.4 Å². The van der Waals surface area contributed by atoms with Crippen LogP contribution < -0.4 is 10.6 Å². The quantitative estimate of drug-likeness (QED) is 0.826. The van der Waals surface area contributed by atoms with E-state index in [9.17, 15) is 4.79 Å². The smallest absolute Gasteiger partial charge is 0.251 e. The number of nitrogens with one attached hydrogen (secondary N) is 2. The highest BCUT2D eigenvalue weighted by molar-refractivity contribution is 5.93. The van der Waals surface area contributed by atoms with Crippen molar-refractivity contribution in [2.24, 2.45) is 5.92 Å². The van der Waals surface area contributed by atoms with Gasteiger partial charge in [-0.1, -0.05) is 18.2 Å². The Morgan fingerprint density at radius 1 is 1.41 bits per heavy atom. The Balaban J connectivity index is 1.69. The second-order valence-corrected chi connectivity index (χ2v) is 4.51. The highest BCUT2D eigenvalue weighted by atomic mass is 16.1. The van der Waals surface area contributed by atoms with E-state index in [0.717, 1.165) is 32.0 Å². The zero-order valence-electron chi connectivity index (χ0n) is 10.0. The molecule has 1 aromatic rings. The lowest BCUT2D eigenvalue weighted by molar-refractivity contribution is 0.0950. The van der Waals surface area contributed by atoms with Gasteiger partial charge in [0.2, 0.25) is 0 Å². The van der Waals surface area contributed by atoms with E-state index in [-0.39, 0.29) is 5.91 Å². The van der Waals surface area contributed by atoms with Gasteiger partial charge in [-0.15, -0.1) is 0 Å². The summed E-state index contributed by atoms with van der Waals surface area (Å²) in [5.41, 5.74) is 0.623. The third-order valence-corrected chi connectivity index (χ3v) is 3.25. The second-order valence-electron chi connectivity index (χ2n) is 4.51. The molecular formula is C14H19N2O. The molecule has 0 spiro atoms. The van der Waals surface area contributed by atoms with Crippen LogP contribution in [0.4, 0.5) is 0 Å². The van der Waals surface area contributed by atoms with Crippen molar-refractivity contribution in [3.05, 3.63) is 35.9 Å². The van der Waals surface area contributed by atoms with Crippen LogP contribution in [0.2, 0.25) is 0 Å². The molecule has 91 valence electrons. The molecule has 1 saturated heterocycles. The van der Waals surface area contributed by atoms with Gasteiger partial charge in [0.05, 0.1) is 0 Å². The molecule has 17 heavy (non-hydrogen) atoms. The van der Waals surface area contributed by atoms with Crippen LogP contribution >= 0.6 is 0 Å². The van der Waals surface area contributed by atoms with Crippen LogP contribution in [0.5, 0.6) is 0 Å².